The summed E-state index contributed by atoms with van der Waals surface area (Å²) in [5, 5.41) is 5.87. The molecule has 5 nitrogen and oxygen atoms in total. The maximum absolute atomic E-state index is 13.0. The van der Waals surface area contributed by atoms with E-state index in [0.29, 0.717) is 34.0 Å². The van der Waals surface area contributed by atoms with Gasteiger partial charge in [-0.1, -0.05) is 24.8 Å². The highest BCUT2D eigenvalue weighted by molar-refractivity contribution is 6.14. The highest BCUT2D eigenvalue weighted by atomic mass is 19.1. The topological polar surface area (TPSA) is 61.4 Å². The molecule has 0 saturated heterocycles. The third kappa shape index (κ3) is 3.23. The third-order valence-electron chi connectivity index (χ3n) is 4.38. The summed E-state index contributed by atoms with van der Waals surface area (Å²) in [6, 6.07) is 19.3. The van der Waals surface area contributed by atoms with E-state index in [2.05, 4.69) is 17.2 Å². The lowest BCUT2D eigenvalue weighted by atomic mass is 10.1. The van der Waals surface area contributed by atoms with Crippen LogP contribution in [0.15, 0.2) is 85.2 Å². The summed E-state index contributed by atoms with van der Waals surface area (Å²) in [5.74, 6) is -0.565. The quantitative estimate of drug-likeness (QED) is 0.704. The number of carbonyl (C=O) groups is 2. The van der Waals surface area contributed by atoms with Crippen LogP contribution < -0.4 is 15.5 Å². The Labute approximate surface area is 161 Å². The van der Waals surface area contributed by atoms with Crippen molar-refractivity contribution < 1.29 is 14.0 Å². The number of hydrogen-bond acceptors (Lipinski definition) is 3. The molecular weight excluding hydrogens is 357 g/mol. The number of benzene rings is 3. The van der Waals surface area contributed by atoms with E-state index in [1.54, 1.807) is 36.4 Å². The van der Waals surface area contributed by atoms with Gasteiger partial charge in [0.15, 0.2) is 0 Å². The highest BCUT2D eigenvalue weighted by Gasteiger charge is 2.28. The Hall–Kier alpha value is -3.93. The summed E-state index contributed by atoms with van der Waals surface area (Å²) in [5.41, 5.74) is 2.64. The molecular formula is C22H16FN3O2. The predicted molar refractivity (Wildman–Crippen MR) is 107 cm³/mol. The number of amides is 2. The van der Waals surface area contributed by atoms with E-state index in [9.17, 15) is 14.0 Å². The normalized spacial score (nSPS) is 13.0. The largest absolute Gasteiger partial charge is 0.341 e. The van der Waals surface area contributed by atoms with Crippen LogP contribution in [0.25, 0.3) is 0 Å². The molecule has 0 unspecified atom stereocenters. The first-order valence-electron chi connectivity index (χ1n) is 8.59. The van der Waals surface area contributed by atoms with E-state index in [0.717, 1.165) is 0 Å². The molecule has 1 aliphatic heterocycles. The number of anilines is 3. The lowest BCUT2D eigenvalue weighted by Crippen LogP contribution is -2.37. The van der Waals surface area contributed by atoms with Crippen LogP contribution in [0, 0.1) is 5.82 Å². The van der Waals surface area contributed by atoms with Crippen LogP contribution in [0.4, 0.5) is 21.5 Å². The van der Waals surface area contributed by atoms with Gasteiger partial charge in [0, 0.05) is 11.3 Å². The van der Waals surface area contributed by atoms with Crippen LogP contribution in [0.5, 0.6) is 0 Å². The molecule has 1 aliphatic rings. The van der Waals surface area contributed by atoms with Crippen molar-refractivity contribution in [1.29, 1.82) is 0 Å². The fraction of sp³-hybridized carbons (Fsp3) is 0. The van der Waals surface area contributed by atoms with Crippen molar-refractivity contribution in [3.8, 4) is 0 Å². The fourth-order valence-electron chi connectivity index (χ4n) is 3.03. The lowest BCUT2D eigenvalue weighted by Gasteiger charge is -2.31. The summed E-state index contributed by atoms with van der Waals surface area (Å²) < 4.78 is 13.0. The molecule has 4 rings (SSSR count). The number of nitrogens with zero attached hydrogens (tertiary/aromatic N) is 1. The minimum Gasteiger partial charge on any atom is -0.341 e. The van der Waals surface area contributed by atoms with E-state index in [-0.39, 0.29) is 11.8 Å². The first-order valence-corrected chi connectivity index (χ1v) is 8.59. The molecule has 0 radical (unpaired) electrons. The number of carbonyl (C=O) groups excluding carboxylic acids is 2. The Morgan fingerprint density at radius 3 is 2.54 bits per heavy atom. The van der Waals surface area contributed by atoms with Gasteiger partial charge in [-0.25, -0.2) is 4.39 Å². The van der Waals surface area contributed by atoms with E-state index >= 15 is 0 Å². The maximum atomic E-state index is 13.0. The summed E-state index contributed by atoms with van der Waals surface area (Å²) >= 11 is 0. The molecule has 0 aromatic heterocycles. The smallest absolute Gasteiger partial charge is 0.266 e. The minimum atomic E-state index is -0.409. The number of hydrogen-bond donors (Lipinski definition) is 2. The number of fused-ring (bicyclic) bond motifs is 1. The van der Waals surface area contributed by atoms with Crippen molar-refractivity contribution >= 4 is 28.9 Å². The van der Waals surface area contributed by atoms with Crippen LogP contribution in [-0.4, -0.2) is 11.8 Å². The molecule has 0 saturated carbocycles. The zero-order valence-electron chi connectivity index (χ0n) is 14.8. The molecule has 0 spiro atoms. The zero-order valence-corrected chi connectivity index (χ0v) is 14.8. The average Bonchev–Trinajstić information content (AvgIpc) is 2.69. The van der Waals surface area contributed by atoms with Gasteiger partial charge in [-0.3, -0.25) is 14.5 Å². The van der Waals surface area contributed by atoms with Crippen molar-refractivity contribution in [3.05, 3.63) is 102 Å². The van der Waals surface area contributed by atoms with E-state index < -0.39 is 5.82 Å². The first-order chi connectivity index (χ1) is 13.5. The van der Waals surface area contributed by atoms with Gasteiger partial charge in [0.1, 0.15) is 11.6 Å². The molecule has 138 valence electrons. The minimum absolute atomic E-state index is 0.207. The van der Waals surface area contributed by atoms with Gasteiger partial charge in [0.25, 0.3) is 11.8 Å². The fourth-order valence-corrected chi connectivity index (χ4v) is 3.03. The highest BCUT2D eigenvalue weighted by Crippen LogP contribution is 2.31. The van der Waals surface area contributed by atoms with Crippen molar-refractivity contribution in [3.63, 3.8) is 0 Å². The zero-order chi connectivity index (χ0) is 19.7. The second-order valence-electron chi connectivity index (χ2n) is 6.27. The van der Waals surface area contributed by atoms with Gasteiger partial charge in [0.2, 0.25) is 0 Å². The van der Waals surface area contributed by atoms with Crippen molar-refractivity contribution in [2.24, 2.45) is 0 Å². The van der Waals surface area contributed by atoms with Crippen molar-refractivity contribution in [1.82, 2.24) is 0 Å². The Morgan fingerprint density at radius 1 is 1.00 bits per heavy atom. The maximum Gasteiger partial charge on any atom is 0.266 e. The van der Waals surface area contributed by atoms with Crippen molar-refractivity contribution in [2.45, 2.75) is 0 Å². The molecule has 0 aliphatic carbocycles. The lowest BCUT2D eigenvalue weighted by molar-refractivity contribution is 0.0992. The van der Waals surface area contributed by atoms with Crippen LogP contribution in [0.1, 0.15) is 20.7 Å². The standard InChI is InChI=1S/C22H16FN3O2/c1-14-24-20-8-3-2-7-19(20)22(28)26(14)18-6-4-5-17(13-18)25-21(27)15-9-11-16(23)12-10-15/h2-13,24H,1H2,(H,25,27). The molecule has 0 bridgehead atoms. The third-order valence-corrected chi connectivity index (χ3v) is 4.38. The summed E-state index contributed by atoms with van der Waals surface area (Å²) in [4.78, 5) is 26.7. The number of para-hydroxylation sites is 1. The van der Waals surface area contributed by atoms with Crippen molar-refractivity contribution in [2.75, 3.05) is 15.5 Å². The molecule has 2 amide bonds. The van der Waals surface area contributed by atoms with Crippen LogP contribution in [-0.2, 0) is 0 Å². The molecule has 3 aromatic carbocycles. The average molecular weight is 373 g/mol. The summed E-state index contributed by atoms with van der Waals surface area (Å²) in [7, 11) is 0. The van der Waals surface area contributed by atoms with E-state index in [1.807, 2.05) is 12.1 Å². The SMILES string of the molecule is C=C1Nc2ccccc2C(=O)N1c1cccc(NC(=O)c2ccc(F)cc2)c1. The Morgan fingerprint density at radius 2 is 1.75 bits per heavy atom. The van der Waals surface area contributed by atoms with Gasteiger partial charge in [-0.15, -0.1) is 0 Å². The predicted octanol–water partition coefficient (Wildman–Crippen LogP) is 4.62. The van der Waals surface area contributed by atoms with Crippen LogP contribution in [0.2, 0.25) is 0 Å². The Balaban J connectivity index is 1.60. The van der Waals surface area contributed by atoms with Gasteiger partial charge in [0.05, 0.1) is 16.9 Å². The second kappa shape index (κ2) is 7.00. The van der Waals surface area contributed by atoms with Crippen LogP contribution in [0.3, 0.4) is 0 Å². The van der Waals surface area contributed by atoms with Gasteiger partial charge in [-0.2, -0.15) is 0 Å². The van der Waals surface area contributed by atoms with E-state index in [1.165, 1.54) is 29.2 Å². The first kappa shape index (κ1) is 17.5. The molecule has 6 heteroatoms. The number of nitrogens with one attached hydrogen (secondary N) is 2. The monoisotopic (exact) mass is 373 g/mol. The van der Waals surface area contributed by atoms with E-state index in [4.69, 9.17) is 0 Å². The molecule has 28 heavy (non-hydrogen) atoms. The molecule has 3 aromatic rings. The van der Waals surface area contributed by atoms with Gasteiger partial charge < -0.3 is 10.6 Å². The van der Waals surface area contributed by atoms with Crippen LogP contribution >= 0.6 is 0 Å². The molecule has 2 N–H and O–H groups in total. The summed E-state index contributed by atoms with van der Waals surface area (Å²) in [6.07, 6.45) is 0. The van der Waals surface area contributed by atoms with Gasteiger partial charge in [-0.05, 0) is 54.6 Å². The number of halogens is 1. The summed E-state index contributed by atoms with van der Waals surface area (Å²) in [6.45, 7) is 3.94. The Kier molecular flexibility index (Phi) is 4.37. The Bertz CT molecular complexity index is 1090. The molecule has 0 fully saturated rings. The molecule has 0 atom stereocenters. The molecule has 1 heterocycles. The number of rotatable bonds is 3. The van der Waals surface area contributed by atoms with Gasteiger partial charge >= 0.3 is 0 Å². The second-order valence-corrected chi connectivity index (χ2v) is 6.27.